The first-order valence-electron chi connectivity index (χ1n) is 3.63. The van der Waals surface area contributed by atoms with Gasteiger partial charge in [-0.15, -0.1) is 0 Å². The summed E-state index contributed by atoms with van der Waals surface area (Å²) in [5.74, 6) is 0. The Kier molecular flexibility index (Phi) is 5.51. The van der Waals surface area contributed by atoms with Gasteiger partial charge in [0.05, 0.1) is 12.6 Å². The van der Waals surface area contributed by atoms with Crippen molar-refractivity contribution in [3.8, 4) is 6.07 Å². The van der Waals surface area contributed by atoms with E-state index in [1.54, 1.807) is 14.1 Å². The Balaban J connectivity index is 3.68. The summed E-state index contributed by atoms with van der Waals surface area (Å²) in [5, 5.41) is 11.2. The Bertz CT molecular complexity index is 155. The van der Waals surface area contributed by atoms with E-state index in [9.17, 15) is 8.78 Å². The van der Waals surface area contributed by atoms with Gasteiger partial charge in [-0.2, -0.15) is 5.26 Å². The maximum absolute atomic E-state index is 11.8. The van der Waals surface area contributed by atoms with Gasteiger partial charge in [0, 0.05) is 6.54 Å². The van der Waals surface area contributed by atoms with Crippen LogP contribution in [0.5, 0.6) is 0 Å². The molecule has 0 saturated heterocycles. The molecular formula is C7H13F2N3. The van der Waals surface area contributed by atoms with Gasteiger partial charge in [0.25, 0.3) is 6.43 Å². The Labute approximate surface area is 71.0 Å². The second kappa shape index (κ2) is 5.86. The summed E-state index contributed by atoms with van der Waals surface area (Å²) in [5.41, 5.74) is 0. The summed E-state index contributed by atoms with van der Waals surface area (Å²) in [6, 6.07) is 1.58. The highest BCUT2D eigenvalue weighted by Crippen LogP contribution is 1.96. The van der Waals surface area contributed by atoms with E-state index < -0.39 is 6.43 Å². The molecule has 3 nitrogen and oxygen atoms in total. The van der Waals surface area contributed by atoms with Crippen molar-refractivity contribution in [3.63, 3.8) is 0 Å². The van der Waals surface area contributed by atoms with E-state index >= 15 is 0 Å². The van der Waals surface area contributed by atoms with Crippen LogP contribution >= 0.6 is 0 Å². The normalized spacial score (nSPS) is 13.4. The highest BCUT2D eigenvalue weighted by molar-refractivity contribution is 4.90. The van der Waals surface area contributed by atoms with Crippen molar-refractivity contribution in [1.29, 1.82) is 5.26 Å². The molecule has 1 unspecified atom stereocenters. The van der Waals surface area contributed by atoms with Crippen molar-refractivity contribution >= 4 is 0 Å². The molecule has 5 heteroatoms. The fraction of sp³-hybridized carbons (Fsp3) is 0.857. The van der Waals surface area contributed by atoms with Crippen molar-refractivity contribution in [3.05, 3.63) is 0 Å². The van der Waals surface area contributed by atoms with Crippen LogP contribution in [0.25, 0.3) is 0 Å². The summed E-state index contributed by atoms with van der Waals surface area (Å²) < 4.78 is 23.6. The summed E-state index contributed by atoms with van der Waals surface area (Å²) in [6.45, 7) is 0.0250. The van der Waals surface area contributed by atoms with Gasteiger partial charge in [0.15, 0.2) is 0 Å². The topological polar surface area (TPSA) is 39.1 Å². The minimum absolute atomic E-state index is 0.292. The predicted molar refractivity (Wildman–Crippen MR) is 42.0 cm³/mol. The molecule has 0 aromatic heterocycles. The molecule has 0 aromatic carbocycles. The van der Waals surface area contributed by atoms with E-state index in [4.69, 9.17) is 5.26 Å². The monoisotopic (exact) mass is 177 g/mol. The van der Waals surface area contributed by atoms with Crippen LogP contribution in [0.1, 0.15) is 0 Å². The molecule has 0 radical (unpaired) electrons. The van der Waals surface area contributed by atoms with Crippen LogP contribution in [0.2, 0.25) is 0 Å². The van der Waals surface area contributed by atoms with Crippen molar-refractivity contribution in [2.75, 3.05) is 27.2 Å². The minimum Gasteiger partial charge on any atom is -0.304 e. The summed E-state index contributed by atoms with van der Waals surface area (Å²) in [7, 11) is 3.19. The summed E-state index contributed by atoms with van der Waals surface area (Å²) >= 11 is 0. The predicted octanol–water partition coefficient (Wildman–Crippen LogP) is 0.295. The van der Waals surface area contributed by atoms with E-state index in [1.807, 2.05) is 6.07 Å². The molecule has 0 spiro atoms. The number of nitriles is 1. The smallest absolute Gasteiger partial charge is 0.251 e. The molecular weight excluding hydrogens is 164 g/mol. The zero-order valence-corrected chi connectivity index (χ0v) is 7.22. The van der Waals surface area contributed by atoms with E-state index in [-0.39, 0.29) is 12.6 Å². The van der Waals surface area contributed by atoms with Gasteiger partial charge in [-0.25, -0.2) is 8.78 Å². The second-order valence-corrected chi connectivity index (χ2v) is 2.58. The van der Waals surface area contributed by atoms with Gasteiger partial charge >= 0.3 is 0 Å². The van der Waals surface area contributed by atoms with Gasteiger partial charge < -0.3 is 5.32 Å². The van der Waals surface area contributed by atoms with E-state index in [1.165, 1.54) is 4.90 Å². The van der Waals surface area contributed by atoms with Crippen LogP contribution in [0.4, 0.5) is 8.78 Å². The van der Waals surface area contributed by atoms with Gasteiger partial charge in [-0.05, 0) is 14.1 Å². The molecule has 12 heavy (non-hydrogen) atoms. The molecule has 70 valence electrons. The third-order valence-electron chi connectivity index (χ3n) is 1.45. The maximum atomic E-state index is 11.8. The lowest BCUT2D eigenvalue weighted by Gasteiger charge is -2.18. The molecule has 0 heterocycles. The Hall–Kier alpha value is -0.730. The lowest BCUT2D eigenvalue weighted by Crippen LogP contribution is -2.38. The zero-order valence-electron chi connectivity index (χ0n) is 7.22. The van der Waals surface area contributed by atoms with Crippen LogP contribution in [0, 0.1) is 11.3 Å². The average Bonchev–Trinajstić information content (AvgIpc) is 1.98. The third-order valence-corrected chi connectivity index (χ3v) is 1.45. The first-order valence-corrected chi connectivity index (χ1v) is 3.63. The molecule has 0 fully saturated rings. The molecule has 0 bridgehead atoms. The fourth-order valence-corrected chi connectivity index (χ4v) is 0.818. The number of rotatable bonds is 5. The molecule has 0 amide bonds. The van der Waals surface area contributed by atoms with Crippen LogP contribution in [0.15, 0.2) is 0 Å². The Morgan fingerprint density at radius 2 is 2.08 bits per heavy atom. The van der Waals surface area contributed by atoms with Crippen molar-refractivity contribution in [2.45, 2.75) is 12.5 Å². The number of nitrogens with zero attached hydrogens (tertiary/aromatic N) is 2. The van der Waals surface area contributed by atoms with E-state index in [2.05, 4.69) is 5.32 Å². The van der Waals surface area contributed by atoms with Gasteiger partial charge in [-0.3, -0.25) is 4.90 Å². The number of hydrogen-bond donors (Lipinski definition) is 1. The van der Waals surface area contributed by atoms with Crippen LogP contribution in [0.3, 0.4) is 0 Å². The van der Waals surface area contributed by atoms with Gasteiger partial charge in [0.1, 0.15) is 6.04 Å². The lowest BCUT2D eigenvalue weighted by molar-refractivity contribution is 0.0986. The second-order valence-electron chi connectivity index (χ2n) is 2.58. The molecule has 0 aromatic rings. The van der Waals surface area contributed by atoms with Crippen molar-refractivity contribution in [2.24, 2.45) is 0 Å². The lowest BCUT2D eigenvalue weighted by atomic mass is 10.3. The Morgan fingerprint density at radius 3 is 2.42 bits per heavy atom. The van der Waals surface area contributed by atoms with Crippen LogP contribution < -0.4 is 5.32 Å². The highest BCUT2D eigenvalue weighted by atomic mass is 19.3. The SMILES string of the molecule is CNC(C#N)CN(C)CC(F)F. The van der Waals surface area contributed by atoms with E-state index in [0.717, 1.165) is 0 Å². The number of hydrogen-bond acceptors (Lipinski definition) is 3. The van der Waals surface area contributed by atoms with Gasteiger partial charge in [0.2, 0.25) is 0 Å². The number of alkyl halides is 2. The molecule has 0 saturated carbocycles. The fourth-order valence-electron chi connectivity index (χ4n) is 0.818. The van der Waals surface area contributed by atoms with Crippen LogP contribution in [-0.4, -0.2) is 44.6 Å². The summed E-state index contributed by atoms with van der Waals surface area (Å²) in [6.07, 6.45) is -2.34. The maximum Gasteiger partial charge on any atom is 0.251 e. The average molecular weight is 177 g/mol. The summed E-state index contributed by atoms with van der Waals surface area (Å²) in [4.78, 5) is 1.43. The largest absolute Gasteiger partial charge is 0.304 e. The van der Waals surface area contributed by atoms with E-state index in [0.29, 0.717) is 6.54 Å². The molecule has 0 aliphatic carbocycles. The third kappa shape index (κ3) is 4.99. The van der Waals surface area contributed by atoms with Crippen molar-refractivity contribution in [1.82, 2.24) is 10.2 Å². The Morgan fingerprint density at radius 1 is 1.50 bits per heavy atom. The number of nitrogens with one attached hydrogen (secondary N) is 1. The number of halogens is 2. The van der Waals surface area contributed by atoms with Crippen LogP contribution in [-0.2, 0) is 0 Å². The first kappa shape index (κ1) is 11.3. The molecule has 1 atom stereocenters. The molecule has 0 aliphatic rings. The molecule has 1 N–H and O–H groups in total. The molecule has 0 rings (SSSR count). The van der Waals surface area contributed by atoms with Crippen molar-refractivity contribution < 1.29 is 8.78 Å². The first-order chi connectivity index (χ1) is 5.60. The number of likely N-dealkylation sites (N-methyl/N-ethyl adjacent to an activating group) is 2. The highest BCUT2D eigenvalue weighted by Gasteiger charge is 2.11. The minimum atomic E-state index is -2.34. The zero-order chi connectivity index (χ0) is 9.56. The van der Waals surface area contributed by atoms with Gasteiger partial charge in [-0.1, -0.05) is 0 Å². The quantitative estimate of drug-likeness (QED) is 0.656. The molecule has 0 aliphatic heterocycles. The standard InChI is InChI=1S/C7H13F2N3/c1-11-6(3-10)4-12(2)5-7(8)9/h6-7,11H,4-5H2,1-2H3.